The molecule has 0 spiro atoms. The summed E-state index contributed by atoms with van der Waals surface area (Å²) in [6.45, 7) is 5.81. The Hall–Kier alpha value is -1.69. The molecule has 1 aromatic heterocycles. The highest BCUT2D eigenvalue weighted by Gasteiger charge is 2.21. The zero-order valence-corrected chi connectivity index (χ0v) is 15.2. The molecule has 0 fully saturated rings. The van der Waals surface area contributed by atoms with Gasteiger partial charge in [-0.05, 0) is 49.8 Å². The van der Waals surface area contributed by atoms with Crippen LogP contribution in [0.2, 0.25) is 0 Å². The van der Waals surface area contributed by atoms with Crippen molar-refractivity contribution in [3.8, 4) is 0 Å². The first-order valence-electron chi connectivity index (χ1n) is 9.21. The number of hydrogen-bond donors (Lipinski definition) is 2. The van der Waals surface area contributed by atoms with E-state index in [1.54, 1.807) is 0 Å². The molecular weight excluding hydrogens is 314 g/mol. The fourth-order valence-corrected chi connectivity index (χ4v) is 3.42. The van der Waals surface area contributed by atoms with Crippen molar-refractivity contribution in [2.24, 2.45) is 0 Å². The molecule has 2 aromatic rings. The third kappa shape index (κ3) is 5.14. The van der Waals surface area contributed by atoms with Crippen molar-refractivity contribution in [1.82, 2.24) is 15.1 Å². The maximum Gasteiger partial charge on any atom is 0.0898 e. The predicted octanol–water partition coefficient (Wildman–Crippen LogP) is 2.62. The number of benzene rings is 1. The highest BCUT2D eigenvalue weighted by atomic mass is 16.5. The molecule has 2 N–H and O–H groups in total. The van der Waals surface area contributed by atoms with Gasteiger partial charge in [-0.1, -0.05) is 24.3 Å². The zero-order chi connectivity index (χ0) is 17.6. The van der Waals surface area contributed by atoms with Gasteiger partial charge >= 0.3 is 0 Å². The molecule has 0 bridgehead atoms. The van der Waals surface area contributed by atoms with Gasteiger partial charge in [0.2, 0.25) is 0 Å². The van der Waals surface area contributed by atoms with Crippen molar-refractivity contribution >= 4 is 0 Å². The van der Waals surface area contributed by atoms with Crippen molar-refractivity contribution in [3.63, 3.8) is 0 Å². The maximum atomic E-state index is 10.2. The van der Waals surface area contributed by atoms with Gasteiger partial charge in [-0.3, -0.25) is 4.68 Å². The number of nitrogens with one attached hydrogen (secondary N) is 1. The normalized spacial score (nSPS) is 19.4. The van der Waals surface area contributed by atoms with E-state index < -0.39 is 6.10 Å². The van der Waals surface area contributed by atoms with E-state index in [2.05, 4.69) is 41.6 Å². The molecule has 0 aliphatic heterocycles. The first-order valence-corrected chi connectivity index (χ1v) is 9.21. The van der Waals surface area contributed by atoms with Gasteiger partial charge in [0, 0.05) is 18.8 Å². The Morgan fingerprint density at radius 2 is 2.24 bits per heavy atom. The Kier molecular flexibility index (Phi) is 6.24. The van der Waals surface area contributed by atoms with Crippen LogP contribution in [0.1, 0.15) is 42.6 Å². The fourth-order valence-electron chi connectivity index (χ4n) is 3.42. The van der Waals surface area contributed by atoms with Crippen LogP contribution in [0, 0.1) is 6.92 Å². The van der Waals surface area contributed by atoms with Gasteiger partial charge in [-0.2, -0.15) is 5.10 Å². The van der Waals surface area contributed by atoms with Gasteiger partial charge in [0.15, 0.2) is 0 Å². The first-order chi connectivity index (χ1) is 12.1. The summed E-state index contributed by atoms with van der Waals surface area (Å²) in [5.41, 5.74) is 3.83. The molecule has 1 aliphatic carbocycles. The lowest BCUT2D eigenvalue weighted by Gasteiger charge is -2.27. The van der Waals surface area contributed by atoms with E-state index in [9.17, 15) is 5.11 Å². The van der Waals surface area contributed by atoms with Crippen LogP contribution in [0.5, 0.6) is 0 Å². The number of rotatable bonds is 8. The average Bonchev–Trinajstić information content (AvgIpc) is 3.02. The number of nitrogens with zero attached hydrogens (tertiary/aromatic N) is 2. The van der Waals surface area contributed by atoms with E-state index in [0.29, 0.717) is 13.2 Å². The Morgan fingerprint density at radius 3 is 3.04 bits per heavy atom. The lowest BCUT2D eigenvalue weighted by Crippen LogP contribution is -2.38. The monoisotopic (exact) mass is 343 g/mol. The van der Waals surface area contributed by atoms with E-state index in [1.807, 2.05) is 24.0 Å². The molecule has 1 aliphatic rings. The SMILES string of the molecule is Cc1cnn(C[C@H](C)NC[C@@H](O)CO[C@H]2CCCc3ccccc32)c1. The molecule has 1 aromatic carbocycles. The van der Waals surface area contributed by atoms with Gasteiger partial charge in [-0.15, -0.1) is 0 Å². The van der Waals surface area contributed by atoms with Crippen LogP contribution in [-0.2, 0) is 17.7 Å². The summed E-state index contributed by atoms with van der Waals surface area (Å²) in [5, 5.41) is 17.9. The third-order valence-corrected chi connectivity index (χ3v) is 4.73. The van der Waals surface area contributed by atoms with Crippen molar-refractivity contribution in [3.05, 3.63) is 53.3 Å². The van der Waals surface area contributed by atoms with Gasteiger partial charge in [-0.25, -0.2) is 0 Å². The Bertz CT molecular complexity index is 670. The second-order valence-corrected chi connectivity index (χ2v) is 7.12. The topological polar surface area (TPSA) is 59.3 Å². The van der Waals surface area contributed by atoms with E-state index in [0.717, 1.165) is 31.4 Å². The average molecular weight is 343 g/mol. The number of ether oxygens (including phenoxy) is 1. The van der Waals surface area contributed by atoms with E-state index in [1.165, 1.54) is 11.1 Å². The van der Waals surface area contributed by atoms with Crippen molar-refractivity contribution < 1.29 is 9.84 Å². The molecule has 0 saturated heterocycles. The lowest BCUT2D eigenvalue weighted by atomic mass is 9.89. The van der Waals surface area contributed by atoms with Gasteiger partial charge < -0.3 is 15.2 Å². The summed E-state index contributed by atoms with van der Waals surface area (Å²) in [4.78, 5) is 0. The van der Waals surface area contributed by atoms with E-state index in [4.69, 9.17) is 4.74 Å². The van der Waals surface area contributed by atoms with E-state index in [-0.39, 0.29) is 12.1 Å². The first kappa shape index (κ1) is 18.1. The van der Waals surface area contributed by atoms with Crippen LogP contribution in [0.25, 0.3) is 0 Å². The molecule has 1 heterocycles. The molecule has 0 unspecified atom stereocenters. The molecule has 25 heavy (non-hydrogen) atoms. The zero-order valence-electron chi connectivity index (χ0n) is 15.2. The quantitative estimate of drug-likeness (QED) is 0.774. The molecule has 0 amide bonds. The summed E-state index contributed by atoms with van der Waals surface area (Å²) in [6, 6.07) is 8.73. The maximum absolute atomic E-state index is 10.2. The van der Waals surface area contributed by atoms with Crippen LogP contribution in [0.15, 0.2) is 36.7 Å². The Balaban J connectivity index is 1.40. The number of fused-ring (bicyclic) bond motifs is 1. The second kappa shape index (κ2) is 8.61. The molecule has 3 atom stereocenters. The second-order valence-electron chi connectivity index (χ2n) is 7.12. The highest BCUT2D eigenvalue weighted by molar-refractivity contribution is 5.31. The number of aliphatic hydroxyl groups excluding tert-OH is 1. The van der Waals surface area contributed by atoms with Gasteiger partial charge in [0.05, 0.1) is 31.6 Å². The number of aromatic nitrogens is 2. The molecule has 0 radical (unpaired) electrons. The summed E-state index contributed by atoms with van der Waals surface area (Å²) in [7, 11) is 0. The summed E-state index contributed by atoms with van der Waals surface area (Å²) in [5.74, 6) is 0. The molecule has 136 valence electrons. The highest BCUT2D eigenvalue weighted by Crippen LogP contribution is 2.32. The number of hydrogen-bond acceptors (Lipinski definition) is 4. The summed E-state index contributed by atoms with van der Waals surface area (Å²) >= 11 is 0. The van der Waals surface area contributed by atoms with Gasteiger partial charge in [0.1, 0.15) is 0 Å². The Labute approximate surface area is 150 Å². The van der Waals surface area contributed by atoms with Crippen molar-refractivity contribution in [2.45, 2.75) is 57.9 Å². The molecular formula is C20H29N3O2. The molecule has 5 nitrogen and oxygen atoms in total. The standard InChI is InChI=1S/C20H29N3O2/c1-15-10-22-23(12-15)13-16(2)21-11-18(24)14-25-20-9-5-7-17-6-3-4-8-19(17)20/h3-4,6,8,10,12,16,18,20-21,24H,5,7,9,11,13-14H2,1-2H3/t16-,18+,20-/m0/s1. The summed E-state index contributed by atoms with van der Waals surface area (Å²) < 4.78 is 7.94. The minimum atomic E-state index is -0.504. The van der Waals surface area contributed by atoms with Crippen LogP contribution in [0.3, 0.4) is 0 Å². The van der Waals surface area contributed by atoms with Crippen molar-refractivity contribution in [1.29, 1.82) is 0 Å². The number of aryl methyl sites for hydroxylation is 2. The van der Waals surface area contributed by atoms with Gasteiger partial charge in [0.25, 0.3) is 0 Å². The third-order valence-electron chi connectivity index (χ3n) is 4.73. The predicted molar refractivity (Wildman–Crippen MR) is 98.5 cm³/mol. The molecule has 3 rings (SSSR count). The minimum absolute atomic E-state index is 0.115. The minimum Gasteiger partial charge on any atom is -0.389 e. The van der Waals surface area contributed by atoms with Crippen LogP contribution < -0.4 is 5.32 Å². The molecule has 5 heteroatoms. The largest absolute Gasteiger partial charge is 0.389 e. The molecule has 0 saturated carbocycles. The van der Waals surface area contributed by atoms with Crippen molar-refractivity contribution in [2.75, 3.05) is 13.2 Å². The summed E-state index contributed by atoms with van der Waals surface area (Å²) in [6.07, 6.45) is 6.81. The van der Waals surface area contributed by atoms with Crippen LogP contribution >= 0.6 is 0 Å². The van der Waals surface area contributed by atoms with Crippen LogP contribution in [0.4, 0.5) is 0 Å². The lowest BCUT2D eigenvalue weighted by molar-refractivity contribution is -0.0174. The smallest absolute Gasteiger partial charge is 0.0898 e. The fraction of sp³-hybridized carbons (Fsp3) is 0.550. The Morgan fingerprint density at radius 1 is 1.40 bits per heavy atom. The number of aliphatic hydroxyl groups is 1. The van der Waals surface area contributed by atoms with Crippen LogP contribution in [-0.4, -0.2) is 40.2 Å². The van der Waals surface area contributed by atoms with E-state index >= 15 is 0 Å².